The minimum atomic E-state index is -0.562. The number of aryl methyl sites for hydroxylation is 1. The Balaban J connectivity index is 1.40. The zero-order chi connectivity index (χ0) is 30.3. The van der Waals surface area contributed by atoms with E-state index in [0.717, 1.165) is 55.2 Å². The molecule has 5 aromatic rings. The third kappa shape index (κ3) is 7.20. The lowest BCUT2D eigenvalue weighted by molar-refractivity contribution is 0.0723. The van der Waals surface area contributed by atoms with Gasteiger partial charge in [0, 0.05) is 23.4 Å². The number of nitrogens with zero attached hydrogens (tertiary/aromatic N) is 3. The molecule has 12 heteroatoms. The number of amidine groups is 1. The van der Waals surface area contributed by atoms with Gasteiger partial charge in [0.05, 0.1) is 0 Å². The zero-order valence-corrected chi connectivity index (χ0v) is 26.5. The van der Waals surface area contributed by atoms with Gasteiger partial charge in [0.2, 0.25) is 0 Å². The first kappa shape index (κ1) is 30.6. The van der Waals surface area contributed by atoms with Crippen LogP contribution in [0.15, 0.2) is 84.0 Å². The van der Waals surface area contributed by atoms with E-state index in [1.807, 2.05) is 71.3 Å². The number of ether oxygens (including phenoxy) is 1. The fourth-order valence-corrected chi connectivity index (χ4v) is 7.31. The highest BCUT2D eigenvalue weighted by atomic mass is 35.5. The average Bonchev–Trinajstić information content (AvgIpc) is 3.59. The summed E-state index contributed by atoms with van der Waals surface area (Å²) in [6.07, 6.45) is 2.58. The lowest BCUT2D eigenvalue weighted by atomic mass is 9.98. The summed E-state index contributed by atoms with van der Waals surface area (Å²) in [6, 6.07) is 25.0. The van der Waals surface area contributed by atoms with E-state index in [1.54, 1.807) is 32.8 Å². The average molecular weight is 649 g/mol. The van der Waals surface area contributed by atoms with Gasteiger partial charge in [0.25, 0.3) is 0 Å². The lowest BCUT2D eigenvalue weighted by Gasteiger charge is -2.13. The summed E-state index contributed by atoms with van der Waals surface area (Å²) in [5.41, 5.74) is 13.2. The van der Waals surface area contributed by atoms with Crippen LogP contribution in [0.5, 0.6) is 5.75 Å². The molecule has 0 saturated carbocycles. The molecule has 0 amide bonds. The van der Waals surface area contributed by atoms with Crippen LogP contribution < -0.4 is 21.8 Å². The zero-order valence-electron chi connectivity index (χ0n) is 23.2. The Morgan fingerprint density at radius 1 is 1.07 bits per heavy atom. The number of halogens is 1. The van der Waals surface area contributed by atoms with Crippen molar-refractivity contribution in [2.75, 3.05) is 0 Å². The Bertz CT molecular complexity index is 1810. The van der Waals surface area contributed by atoms with Gasteiger partial charge in [-0.25, -0.2) is 21.2 Å². The Hall–Kier alpha value is -3.87. The Kier molecular flexibility index (Phi) is 10.0. The first-order valence-electron chi connectivity index (χ1n) is 13.5. The van der Waals surface area contributed by atoms with Crippen molar-refractivity contribution in [3.8, 4) is 27.3 Å². The molecule has 43 heavy (non-hydrogen) atoms. The summed E-state index contributed by atoms with van der Waals surface area (Å²) in [7, 11) is 3.18. The predicted octanol–water partition coefficient (Wildman–Crippen LogP) is 7.42. The molecule has 0 unspecified atom stereocenters. The minimum absolute atomic E-state index is 0.125. The maximum Gasteiger partial charge on any atom is 0.363 e. The Morgan fingerprint density at radius 3 is 2.47 bits per heavy atom. The van der Waals surface area contributed by atoms with E-state index in [4.69, 9.17) is 40.1 Å². The third-order valence-corrected chi connectivity index (χ3v) is 9.93. The first-order chi connectivity index (χ1) is 20.9. The largest absolute Gasteiger partial charge is 0.422 e. The second-order valence-corrected chi connectivity index (χ2v) is 12.9. The SMILES string of the molecule is CCCCc1nc(Cl)c(C(=O)Oc2ccc(-c3cc(=S)ss3)cc2)n1Cc1ccc(-c2ccccc2/C(N)=N/NN)cc1. The lowest BCUT2D eigenvalue weighted by Crippen LogP contribution is -2.23. The quantitative estimate of drug-likeness (QED) is 0.0199. The molecule has 8 nitrogen and oxygen atoms in total. The van der Waals surface area contributed by atoms with Crippen molar-refractivity contribution in [2.45, 2.75) is 32.7 Å². The third-order valence-electron chi connectivity index (χ3n) is 6.76. The smallest absolute Gasteiger partial charge is 0.363 e. The van der Waals surface area contributed by atoms with Gasteiger partial charge in [-0.1, -0.05) is 106 Å². The van der Waals surface area contributed by atoms with Crippen molar-refractivity contribution in [1.29, 1.82) is 0 Å². The summed E-state index contributed by atoms with van der Waals surface area (Å²) >= 11 is 11.8. The van der Waals surface area contributed by atoms with Crippen molar-refractivity contribution >= 4 is 56.3 Å². The molecule has 5 rings (SSSR count). The van der Waals surface area contributed by atoms with Gasteiger partial charge in [-0.3, -0.25) is 0 Å². The van der Waals surface area contributed by atoms with Crippen LogP contribution >= 0.6 is 44.5 Å². The number of carbonyl (C=O) groups is 1. The van der Waals surface area contributed by atoms with Gasteiger partial charge in [-0.2, -0.15) is 0 Å². The number of benzene rings is 3. The number of carbonyl (C=O) groups excluding carboxylic acids is 1. The number of hydrazone groups is 1. The summed E-state index contributed by atoms with van der Waals surface area (Å²) in [5, 5.41) is 4.04. The van der Waals surface area contributed by atoms with Gasteiger partial charge in [-0.15, -0.1) is 5.10 Å². The van der Waals surface area contributed by atoms with Crippen LogP contribution in [-0.2, 0) is 13.0 Å². The topological polar surface area (TPSA) is 121 Å². The summed E-state index contributed by atoms with van der Waals surface area (Å²) < 4.78 is 8.47. The van der Waals surface area contributed by atoms with Crippen molar-refractivity contribution in [1.82, 2.24) is 15.1 Å². The molecular formula is C31H29ClN6O2S3. The Labute approximate surface area is 267 Å². The standard InChI is InChI=1S/C31H29ClN6O2S3/c1-2-3-8-26-35-29(32)28(31(39)40-22-15-13-21(14-16-22)25-17-27(41)43-42-25)38(26)18-19-9-11-20(12-10-19)23-6-4-5-7-24(23)30(33)36-37-34/h4-7,9-17,37H,2-3,8,18,34H2,1H3,(H2,33,36). The summed E-state index contributed by atoms with van der Waals surface area (Å²) in [5.74, 6) is 6.21. The van der Waals surface area contributed by atoms with E-state index in [0.29, 0.717) is 18.7 Å². The molecule has 0 fully saturated rings. The highest BCUT2D eigenvalue weighted by Gasteiger charge is 2.24. The summed E-state index contributed by atoms with van der Waals surface area (Å²) in [6.45, 7) is 2.51. The van der Waals surface area contributed by atoms with Crippen molar-refractivity contribution in [3.63, 3.8) is 0 Å². The van der Waals surface area contributed by atoms with Crippen LogP contribution in [-0.4, -0.2) is 21.4 Å². The van der Waals surface area contributed by atoms with Crippen LogP contribution in [0.2, 0.25) is 5.15 Å². The summed E-state index contributed by atoms with van der Waals surface area (Å²) in [4.78, 5) is 19.1. The van der Waals surface area contributed by atoms with Gasteiger partial charge in [0.15, 0.2) is 16.7 Å². The minimum Gasteiger partial charge on any atom is -0.422 e. The normalized spacial score (nSPS) is 11.5. The van der Waals surface area contributed by atoms with Crippen LogP contribution in [0.25, 0.3) is 21.6 Å². The van der Waals surface area contributed by atoms with Crippen LogP contribution in [0.4, 0.5) is 0 Å². The second-order valence-electron chi connectivity index (χ2n) is 9.63. The monoisotopic (exact) mass is 648 g/mol. The number of nitrogens with two attached hydrogens (primary N) is 2. The highest BCUT2D eigenvalue weighted by molar-refractivity contribution is 7.80. The molecule has 3 aromatic carbocycles. The molecule has 0 aliphatic carbocycles. The van der Waals surface area contributed by atoms with Crippen molar-refractivity contribution in [3.05, 3.63) is 110 Å². The number of imidazole rings is 1. The van der Waals surface area contributed by atoms with Crippen molar-refractivity contribution in [2.24, 2.45) is 16.7 Å². The van der Waals surface area contributed by atoms with Gasteiger partial charge in [-0.05, 0) is 59.0 Å². The van der Waals surface area contributed by atoms with Gasteiger partial charge >= 0.3 is 5.97 Å². The fraction of sp³-hybridized carbons (Fsp3) is 0.161. The van der Waals surface area contributed by atoms with E-state index in [2.05, 4.69) is 22.5 Å². The van der Waals surface area contributed by atoms with Crippen LogP contribution in [0, 0.1) is 3.82 Å². The van der Waals surface area contributed by atoms with Crippen molar-refractivity contribution < 1.29 is 9.53 Å². The predicted molar refractivity (Wildman–Crippen MR) is 178 cm³/mol. The number of unbranched alkanes of at least 4 members (excludes halogenated alkanes) is 1. The molecule has 0 aliphatic heterocycles. The number of hydrogen-bond acceptors (Lipinski definition) is 9. The maximum atomic E-state index is 13.5. The molecule has 220 valence electrons. The maximum absolute atomic E-state index is 13.5. The van der Waals surface area contributed by atoms with E-state index < -0.39 is 5.97 Å². The van der Waals surface area contributed by atoms with E-state index in [-0.39, 0.29) is 16.7 Å². The Morgan fingerprint density at radius 2 is 1.79 bits per heavy atom. The number of rotatable bonds is 11. The molecule has 0 atom stereocenters. The molecule has 0 radical (unpaired) electrons. The number of hydrogen-bond donors (Lipinski definition) is 3. The second kappa shape index (κ2) is 14.1. The number of aromatic nitrogens is 2. The van der Waals surface area contributed by atoms with Crippen LogP contribution in [0.1, 0.15) is 47.2 Å². The van der Waals surface area contributed by atoms with Gasteiger partial charge in [0.1, 0.15) is 15.4 Å². The van der Waals surface area contributed by atoms with E-state index >= 15 is 0 Å². The van der Waals surface area contributed by atoms with Gasteiger partial charge < -0.3 is 15.0 Å². The van der Waals surface area contributed by atoms with E-state index in [9.17, 15) is 4.79 Å². The molecule has 0 bridgehead atoms. The molecule has 0 saturated heterocycles. The molecule has 0 spiro atoms. The fourth-order valence-electron chi connectivity index (χ4n) is 4.63. The number of nitrogens with one attached hydrogen (secondary N) is 1. The molecule has 0 aliphatic rings. The van der Waals surface area contributed by atoms with E-state index in [1.165, 1.54) is 0 Å². The number of esters is 1. The molecule has 2 aromatic heterocycles. The molecular weight excluding hydrogens is 620 g/mol. The first-order valence-corrected chi connectivity index (χ1v) is 16.5. The van der Waals surface area contributed by atoms with Crippen LogP contribution in [0.3, 0.4) is 0 Å². The number of hydrazine groups is 1. The molecule has 5 N–H and O–H groups in total. The highest BCUT2D eigenvalue weighted by Crippen LogP contribution is 2.31. The molecule has 2 heterocycles.